The maximum absolute atomic E-state index is 14.1. The van der Waals surface area contributed by atoms with Crippen LogP contribution in [-0.4, -0.2) is 33.3 Å². The molecule has 0 radical (unpaired) electrons. The Morgan fingerprint density at radius 3 is 2.17 bits per heavy atom. The summed E-state index contributed by atoms with van der Waals surface area (Å²) >= 11 is 18.6. The number of carbonyl (C=O) groups excluding carboxylic acids is 1. The Bertz CT molecular complexity index is 1390. The molecule has 0 bridgehead atoms. The molecule has 0 spiro atoms. The van der Waals surface area contributed by atoms with Crippen molar-refractivity contribution in [3.05, 3.63) is 93.6 Å². The summed E-state index contributed by atoms with van der Waals surface area (Å²) in [6.07, 6.45) is 0. The number of anilines is 1. The number of hydrogen-bond acceptors (Lipinski definition) is 3. The van der Waals surface area contributed by atoms with Crippen molar-refractivity contribution in [2.75, 3.05) is 11.4 Å². The predicted octanol–water partition coefficient (Wildman–Crippen LogP) is 7.51. The molecule has 0 saturated carbocycles. The molecule has 3 aromatic carbocycles. The number of benzene rings is 3. The Morgan fingerprint density at radius 1 is 0.971 bits per heavy atom. The second kappa shape index (κ2) is 9.85. The molecule has 1 aromatic heterocycles. The van der Waals surface area contributed by atoms with E-state index in [-0.39, 0.29) is 16.4 Å². The van der Waals surface area contributed by atoms with Crippen LogP contribution in [0.15, 0.2) is 72.8 Å². The molecule has 180 valence electrons. The van der Waals surface area contributed by atoms with E-state index in [2.05, 4.69) is 5.10 Å². The maximum Gasteiger partial charge on any atom is 0.282 e. The summed E-state index contributed by atoms with van der Waals surface area (Å²) in [5.41, 5.74) is 0.599. The van der Waals surface area contributed by atoms with Gasteiger partial charge in [-0.1, -0.05) is 71.2 Å². The Balaban J connectivity index is 1.93. The number of aromatic nitrogens is 2. The molecule has 1 amide bonds. The van der Waals surface area contributed by atoms with Crippen LogP contribution >= 0.6 is 34.8 Å². The molecular formula is C25H18Cl3F2N3O2. The van der Waals surface area contributed by atoms with Crippen LogP contribution in [0.3, 0.4) is 0 Å². The van der Waals surface area contributed by atoms with Crippen molar-refractivity contribution < 1.29 is 18.7 Å². The molecule has 35 heavy (non-hydrogen) atoms. The summed E-state index contributed by atoms with van der Waals surface area (Å²) in [6, 6.07) is 19.3. The number of rotatable bonds is 6. The Kier molecular flexibility index (Phi) is 7.03. The topological polar surface area (TPSA) is 58.4 Å². The molecule has 0 aliphatic carbocycles. The Morgan fingerprint density at radius 2 is 1.57 bits per heavy atom. The first-order valence-electron chi connectivity index (χ1n) is 10.3. The van der Waals surface area contributed by atoms with E-state index in [4.69, 9.17) is 34.8 Å². The van der Waals surface area contributed by atoms with Gasteiger partial charge >= 0.3 is 0 Å². The van der Waals surface area contributed by atoms with Gasteiger partial charge in [-0.15, -0.1) is 0 Å². The van der Waals surface area contributed by atoms with Gasteiger partial charge in [-0.2, -0.15) is 5.10 Å². The van der Waals surface area contributed by atoms with Crippen molar-refractivity contribution in [1.82, 2.24) is 9.78 Å². The largest absolute Gasteiger partial charge is 0.504 e. The minimum Gasteiger partial charge on any atom is -0.504 e. The quantitative estimate of drug-likeness (QED) is 0.277. The highest BCUT2D eigenvalue weighted by molar-refractivity contribution is 6.34. The second-order valence-electron chi connectivity index (χ2n) is 7.83. The number of amides is 1. The van der Waals surface area contributed by atoms with E-state index in [9.17, 15) is 18.7 Å². The van der Waals surface area contributed by atoms with Gasteiger partial charge in [0.05, 0.1) is 28.0 Å². The first kappa shape index (κ1) is 25.0. The van der Waals surface area contributed by atoms with Gasteiger partial charge in [0.2, 0.25) is 0 Å². The van der Waals surface area contributed by atoms with Gasteiger partial charge in [0, 0.05) is 17.5 Å². The molecular weight excluding hydrogens is 519 g/mol. The average Bonchev–Trinajstić information content (AvgIpc) is 3.14. The number of nitrogens with zero attached hydrogens (tertiary/aromatic N) is 3. The molecule has 5 nitrogen and oxygen atoms in total. The van der Waals surface area contributed by atoms with E-state index >= 15 is 0 Å². The molecule has 0 unspecified atom stereocenters. The number of carbonyl (C=O) groups is 1. The van der Waals surface area contributed by atoms with Crippen molar-refractivity contribution in [2.45, 2.75) is 12.8 Å². The van der Waals surface area contributed by atoms with Crippen LogP contribution in [0.2, 0.25) is 15.1 Å². The van der Waals surface area contributed by atoms with Crippen molar-refractivity contribution in [3.8, 4) is 22.7 Å². The molecule has 0 fully saturated rings. The SMILES string of the molecule is CC(F)(F)CN(C(=O)c1nn(-c2ccccc2Cl)c(-c2ccc(Cl)cc2)c1O)c1ccccc1Cl. The van der Waals surface area contributed by atoms with Gasteiger partial charge in [0.1, 0.15) is 5.69 Å². The van der Waals surface area contributed by atoms with Crippen molar-refractivity contribution in [2.24, 2.45) is 0 Å². The summed E-state index contributed by atoms with van der Waals surface area (Å²) in [5.74, 6) is -4.72. The third-order valence-electron chi connectivity index (χ3n) is 5.09. The van der Waals surface area contributed by atoms with Crippen LogP contribution in [0.5, 0.6) is 5.75 Å². The zero-order valence-corrected chi connectivity index (χ0v) is 20.5. The van der Waals surface area contributed by atoms with Crippen molar-refractivity contribution in [3.63, 3.8) is 0 Å². The lowest BCUT2D eigenvalue weighted by Crippen LogP contribution is -2.40. The van der Waals surface area contributed by atoms with E-state index in [1.165, 1.54) is 16.8 Å². The number of hydrogen-bond donors (Lipinski definition) is 1. The minimum absolute atomic E-state index is 0.0560. The fourth-order valence-corrected chi connectivity index (χ4v) is 4.14. The van der Waals surface area contributed by atoms with Crippen LogP contribution in [0, 0.1) is 0 Å². The highest BCUT2D eigenvalue weighted by Crippen LogP contribution is 2.38. The minimum atomic E-state index is -3.26. The number of para-hydroxylation sites is 2. The Hall–Kier alpha value is -3.13. The second-order valence-corrected chi connectivity index (χ2v) is 9.08. The zero-order chi connectivity index (χ0) is 25.3. The van der Waals surface area contributed by atoms with Gasteiger partial charge in [-0.3, -0.25) is 9.69 Å². The van der Waals surface area contributed by atoms with Gasteiger partial charge in [0.15, 0.2) is 11.4 Å². The van der Waals surface area contributed by atoms with Crippen molar-refractivity contribution in [1.29, 1.82) is 0 Å². The zero-order valence-electron chi connectivity index (χ0n) is 18.2. The molecule has 4 rings (SSSR count). The summed E-state index contributed by atoms with van der Waals surface area (Å²) in [5, 5.41) is 16.4. The van der Waals surface area contributed by atoms with E-state index in [1.807, 2.05) is 0 Å². The fourth-order valence-electron chi connectivity index (χ4n) is 3.56. The van der Waals surface area contributed by atoms with Crippen LogP contribution in [0.4, 0.5) is 14.5 Å². The lowest BCUT2D eigenvalue weighted by atomic mass is 10.1. The summed E-state index contributed by atoms with van der Waals surface area (Å²) < 4.78 is 29.5. The normalized spacial score (nSPS) is 11.5. The van der Waals surface area contributed by atoms with E-state index < -0.39 is 29.8 Å². The summed E-state index contributed by atoms with van der Waals surface area (Å²) in [7, 11) is 0. The number of halogens is 5. The first-order valence-corrected chi connectivity index (χ1v) is 11.5. The third-order valence-corrected chi connectivity index (χ3v) is 5.98. The van der Waals surface area contributed by atoms with Crippen molar-refractivity contribution >= 4 is 46.4 Å². The lowest BCUT2D eigenvalue weighted by Gasteiger charge is -2.26. The van der Waals surface area contributed by atoms with Crippen LogP contribution in [-0.2, 0) is 0 Å². The van der Waals surface area contributed by atoms with Crippen LogP contribution in [0.25, 0.3) is 16.9 Å². The number of alkyl halides is 2. The van der Waals surface area contributed by atoms with Gasteiger partial charge in [-0.05, 0) is 36.4 Å². The van der Waals surface area contributed by atoms with Crippen LogP contribution in [0.1, 0.15) is 17.4 Å². The van der Waals surface area contributed by atoms with E-state index in [0.717, 1.165) is 4.90 Å². The fraction of sp³-hybridized carbons (Fsp3) is 0.120. The first-order chi connectivity index (χ1) is 16.6. The summed E-state index contributed by atoms with van der Waals surface area (Å²) in [6.45, 7) is -0.296. The highest BCUT2D eigenvalue weighted by Gasteiger charge is 2.35. The maximum atomic E-state index is 14.1. The average molecular weight is 537 g/mol. The van der Waals surface area contributed by atoms with Gasteiger partial charge in [-0.25, -0.2) is 13.5 Å². The molecule has 1 N–H and O–H groups in total. The third kappa shape index (κ3) is 5.27. The molecule has 10 heteroatoms. The van der Waals surface area contributed by atoms with E-state index in [1.54, 1.807) is 60.7 Å². The number of aromatic hydroxyl groups is 1. The monoisotopic (exact) mass is 535 g/mol. The standard InChI is InChI=1S/C25H18Cl3F2N3O2/c1-25(29,30)14-32(19-8-4-2-6-17(19)27)24(35)21-23(34)22(15-10-12-16(26)13-11-15)33(31-21)20-9-5-3-7-18(20)28/h2-13,34H,14H2,1H3. The van der Waals surface area contributed by atoms with Gasteiger partial charge in [0.25, 0.3) is 11.8 Å². The smallest absolute Gasteiger partial charge is 0.282 e. The van der Waals surface area contributed by atoms with Crippen LogP contribution < -0.4 is 4.90 Å². The lowest BCUT2D eigenvalue weighted by molar-refractivity contribution is 0.0288. The molecule has 0 aliphatic heterocycles. The predicted molar refractivity (Wildman–Crippen MR) is 134 cm³/mol. The van der Waals surface area contributed by atoms with E-state index in [0.29, 0.717) is 28.2 Å². The molecule has 0 atom stereocenters. The molecule has 0 aliphatic rings. The highest BCUT2D eigenvalue weighted by atomic mass is 35.5. The Labute approximate surface area is 215 Å². The molecule has 4 aromatic rings. The summed E-state index contributed by atoms with van der Waals surface area (Å²) in [4.78, 5) is 14.4. The molecule has 0 saturated heterocycles. The van der Waals surface area contributed by atoms with Gasteiger partial charge < -0.3 is 5.11 Å². The molecule has 1 heterocycles.